The molecule has 2 rings (SSSR count). The van der Waals surface area contributed by atoms with E-state index in [4.69, 9.17) is 21.1 Å². The van der Waals surface area contributed by atoms with Crippen LogP contribution in [0, 0.1) is 5.82 Å². The lowest BCUT2D eigenvalue weighted by Gasteiger charge is -2.08. The molecule has 0 fully saturated rings. The van der Waals surface area contributed by atoms with Gasteiger partial charge in [-0.1, -0.05) is 23.7 Å². The Bertz CT molecular complexity index is 627. The van der Waals surface area contributed by atoms with E-state index in [2.05, 4.69) is 5.32 Å². The van der Waals surface area contributed by atoms with Gasteiger partial charge in [0.2, 0.25) is 0 Å². The minimum absolute atomic E-state index is 0.305. The first kappa shape index (κ1) is 17.7. The van der Waals surface area contributed by atoms with Crippen LogP contribution in [0.1, 0.15) is 5.56 Å². The Kier molecular flexibility index (Phi) is 6.57. The molecule has 0 spiro atoms. The van der Waals surface area contributed by atoms with Gasteiger partial charge in [-0.15, -0.1) is 0 Å². The first-order valence-electron chi connectivity index (χ1n) is 7.08. The summed E-state index contributed by atoms with van der Waals surface area (Å²) in [4.78, 5) is 23.1. The van der Waals surface area contributed by atoms with Gasteiger partial charge in [-0.2, -0.15) is 0 Å². The van der Waals surface area contributed by atoms with Crippen molar-refractivity contribution in [3.05, 3.63) is 64.9 Å². The number of ether oxygens (including phenoxy) is 2. The van der Waals surface area contributed by atoms with Crippen LogP contribution in [0.5, 0.6) is 5.75 Å². The molecule has 0 saturated heterocycles. The summed E-state index contributed by atoms with van der Waals surface area (Å²) in [6, 6.07) is 12.2. The maximum atomic E-state index is 12.7. The van der Waals surface area contributed by atoms with E-state index in [1.165, 1.54) is 24.3 Å². The number of hydrogen-bond acceptors (Lipinski definition) is 4. The largest absolute Gasteiger partial charge is 0.482 e. The molecule has 0 radical (unpaired) electrons. The topological polar surface area (TPSA) is 64.6 Å². The Morgan fingerprint density at radius 1 is 1.00 bits per heavy atom. The zero-order valence-corrected chi connectivity index (χ0v) is 13.4. The quantitative estimate of drug-likeness (QED) is 0.779. The number of benzene rings is 2. The molecule has 24 heavy (non-hydrogen) atoms. The van der Waals surface area contributed by atoms with Crippen molar-refractivity contribution in [1.82, 2.24) is 5.32 Å². The van der Waals surface area contributed by atoms with Crippen molar-refractivity contribution >= 4 is 23.5 Å². The van der Waals surface area contributed by atoms with Gasteiger partial charge in [0.1, 0.15) is 11.6 Å². The SMILES string of the molecule is O=C(COC(=O)COc1ccc(F)cc1)NCc1ccc(Cl)cc1. The van der Waals surface area contributed by atoms with Crippen LogP contribution in [0.15, 0.2) is 48.5 Å². The smallest absolute Gasteiger partial charge is 0.344 e. The third-order valence-electron chi connectivity index (χ3n) is 2.94. The molecule has 0 unspecified atom stereocenters. The Morgan fingerprint density at radius 2 is 1.67 bits per heavy atom. The Labute approximate surface area is 143 Å². The maximum absolute atomic E-state index is 12.7. The molecule has 0 aliphatic carbocycles. The number of amides is 1. The van der Waals surface area contributed by atoms with E-state index >= 15 is 0 Å². The van der Waals surface area contributed by atoms with Crippen LogP contribution in [0.3, 0.4) is 0 Å². The minimum atomic E-state index is -0.694. The summed E-state index contributed by atoms with van der Waals surface area (Å²) in [5.74, 6) is -1.19. The highest BCUT2D eigenvalue weighted by Gasteiger charge is 2.08. The maximum Gasteiger partial charge on any atom is 0.344 e. The van der Waals surface area contributed by atoms with Crippen LogP contribution >= 0.6 is 11.6 Å². The summed E-state index contributed by atoms with van der Waals surface area (Å²) >= 11 is 5.77. The number of nitrogens with one attached hydrogen (secondary N) is 1. The van der Waals surface area contributed by atoms with Crippen molar-refractivity contribution < 1.29 is 23.5 Å². The zero-order valence-electron chi connectivity index (χ0n) is 12.6. The van der Waals surface area contributed by atoms with Gasteiger partial charge < -0.3 is 14.8 Å². The Balaban J connectivity index is 1.64. The summed E-state index contributed by atoms with van der Waals surface area (Å²) in [7, 11) is 0. The molecule has 0 bridgehead atoms. The van der Waals surface area contributed by atoms with Crippen LogP contribution in [0.4, 0.5) is 4.39 Å². The monoisotopic (exact) mass is 351 g/mol. The van der Waals surface area contributed by atoms with Crippen molar-refractivity contribution in [2.75, 3.05) is 13.2 Å². The zero-order chi connectivity index (χ0) is 17.4. The van der Waals surface area contributed by atoms with Gasteiger partial charge >= 0.3 is 5.97 Å². The average molecular weight is 352 g/mol. The number of hydrogen-bond donors (Lipinski definition) is 1. The second-order valence-electron chi connectivity index (χ2n) is 4.81. The van der Waals surface area contributed by atoms with Crippen molar-refractivity contribution in [2.45, 2.75) is 6.54 Å². The molecule has 1 amide bonds. The van der Waals surface area contributed by atoms with Crippen molar-refractivity contribution in [1.29, 1.82) is 0 Å². The van der Waals surface area contributed by atoms with E-state index in [1.807, 2.05) is 0 Å². The van der Waals surface area contributed by atoms with E-state index in [-0.39, 0.29) is 6.61 Å². The highest BCUT2D eigenvalue weighted by atomic mass is 35.5. The van der Waals surface area contributed by atoms with E-state index in [1.54, 1.807) is 24.3 Å². The second kappa shape index (κ2) is 8.88. The van der Waals surface area contributed by atoms with Crippen LogP contribution in [0.25, 0.3) is 0 Å². The molecule has 126 valence electrons. The van der Waals surface area contributed by atoms with Crippen LogP contribution in [0.2, 0.25) is 5.02 Å². The lowest BCUT2D eigenvalue weighted by atomic mass is 10.2. The molecule has 0 saturated carbocycles. The molecule has 1 N–H and O–H groups in total. The second-order valence-corrected chi connectivity index (χ2v) is 5.24. The number of carbonyl (C=O) groups excluding carboxylic acids is 2. The van der Waals surface area contributed by atoms with Crippen molar-refractivity contribution in [2.24, 2.45) is 0 Å². The number of carbonyl (C=O) groups is 2. The standard InChI is InChI=1S/C17H15ClFNO4/c18-13-3-1-12(2-4-13)9-20-16(21)10-24-17(22)11-23-15-7-5-14(19)6-8-15/h1-8H,9-11H2,(H,20,21). The van der Waals surface area contributed by atoms with Crippen molar-refractivity contribution in [3.63, 3.8) is 0 Å². The summed E-state index contributed by atoms with van der Waals surface area (Å²) in [6.45, 7) is -0.463. The van der Waals surface area contributed by atoms with E-state index in [0.717, 1.165) is 5.56 Å². The Morgan fingerprint density at radius 3 is 2.33 bits per heavy atom. The van der Waals surface area contributed by atoms with E-state index in [9.17, 15) is 14.0 Å². The van der Waals surface area contributed by atoms with Crippen LogP contribution in [-0.4, -0.2) is 25.1 Å². The Hall–Kier alpha value is -2.60. The van der Waals surface area contributed by atoms with Gasteiger partial charge in [0.25, 0.3) is 5.91 Å². The van der Waals surface area contributed by atoms with Gasteiger partial charge in [0.05, 0.1) is 0 Å². The normalized spacial score (nSPS) is 10.1. The molecular formula is C17H15ClFNO4. The fourth-order valence-electron chi connectivity index (χ4n) is 1.71. The molecule has 0 aromatic heterocycles. The van der Waals surface area contributed by atoms with Crippen LogP contribution in [-0.2, 0) is 20.9 Å². The molecule has 2 aromatic carbocycles. The highest BCUT2D eigenvalue weighted by molar-refractivity contribution is 6.30. The molecule has 2 aromatic rings. The first-order chi connectivity index (χ1) is 11.5. The summed E-state index contributed by atoms with van der Waals surface area (Å²) < 4.78 is 22.6. The molecule has 7 heteroatoms. The lowest BCUT2D eigenvalue weighted by Crippen LogP contribution is -2.29. The number of halogens is 2. The van der Waals surface area contributed by atoms with Gasteiger partial charge in [0.15, 0.2) is 13.2 Å². The average Bonchev–Trinajstić information content (AvgIpc) is 2.59. The first-order valence-corrected chi connectivity index (χ1v) is 7.46. The van der Waals surface area contributed by atoms with Gasteiger partial charge in [-0.05, 0) is 42.0 Å². The fourth-order valence-corrected chi connectivity index (χ4v) is 1.84. The predicted octanol–water partition coefficient (Wildman–Crippen LogP) is 2.72. The molecular weight excluding hydrogens is 337 g/mol. The van der Waals surface area contributed by atoms with Gasteiger partial charge in [0, 0.05) is 11.6 Å². The summed E-state index contributed by atoms with van der Waals surface area (Å²) in [5, 5.41) is 3.22. The fraction of sp³-hybridized carbons (Fsp3) is 0.176. The molecule has 0 heterocycles. The molecule has 5 nitrogen and oxygen atoms in total. The van der Waals surface area contributed by atoms with E-state index in [0.29, 0.717) is 17.3 Å². The van der Waals surface area contributed by atoms with Crippen LogP contribution < -0.4 is 10.1 Å². The molecule has 0 aliphatic rings. The highest BCUT2D eigenvalue weighted by Crippen LogP contribution is 2.11. The third kappa shape index (κ3) is 6.26. The van der Waals surface area contributed by atoms with E-state index < -0.39 is 24.3 Å². The predicted molar refractivity (Wildman–Crippen MR) is 86.2 cm³/mol. The number of rotatable bonds is 7. The molecule has 0 atom stereocenters. The third-order valence-corrected chi connectivity index (χ3v) is 3.19. The summed E-state index contributed by atoms with van der Waals surface area (Å²) in [6.07, 6.45) is 0. The number of esters is 1. The van der Waals surface area contributed by atoms with Gasteiger partial charge in [-0.25, -0.2) is 9.18 Å². The van der Waals surface area contributed by atoms with Crippen molar-refractivity contribution in [3.8, 4) is 5.75 Å². The van der Waals surface area contributed by atoms with Gasteiger partial charge in [-0.3, -0.25) is 4.79 Å². The minimum Gasteiger partial charge on any atom is -0.482 e. The summed E-state index contributed by atoms with van der Waals surface area (Å²) in [5.41, 5.74) is 0.874. The lowest BCUT2D eigenvalue weighted by molar-refractivity contribution is -0.150. The molecule has 0 aliphatic heterocycles.